The topological polar surface area (TPSA) is 61.4 Å². The lowest BCUT2D eigenvalue weighted by atomic mass is 10.1. The van der Waals surface area contributed by atoms with Crippen LogP contribution in [0.2, 0.25) is 0 Å². The lowest BCUT2D eigenvalue weighted by molar-refractivity contribution is 0.559. The first-order chi connectivity index (χ1) is 12.3. The first kappa shape index (κ1) is 15.3. The summed E-state index contributed by atoms with van der Waals surface area (Å²) < 4.78 is 1.85. The fourth-order valence-corrected chi connectivity index (χ4v) is 2.62. The molecule has 4 aromatic rings. The lowest BCUT2D eigenvalue weighted by Crippen LogP contribution is -2.06. The summed E-state index contributed by atoms with van der Waals surface area (Å²) in [5.41, 5.74) is 4.34. The van der Waals surface area contributed by atoms with Crippen molar-refractivity contribution in [3.8, 4) is 5.69 Å². The van der Waals surface area contributed by atoms with Crippen LogP contribution in [0.25, 0.3) is 5.69 Å². The molecule has 0 aliphatic heterocycles. The van der Waals surface area contributed by atoms with Crippen molar-refractivity contribution < 1.29 is 0 Å². The Morgan fingerprint density at radius 1 is 0.880 bits per heavy atom. The van der Waals surface area contributed by atoms with Crippen molar-refractivity contribution in [2.75, 3.05) is 0 Å². The van der Waals surface area contributed by atoms with Gasteiger partial charge in [-0.15, -0.1) is 10.2 Å². The molecule has 0 radical (unpaired) electrons. The van der Waals surface area contributed by atoms with Gasteiger partial charge < -0.3 is 0 Å². The minimum atomic E-state index is 0.501. The van der Waals surface area contributed by atoms with Gasteiger partial charge in [-0.05, 0) is 35.9 Å². The van der Waals surface area contributed by atoms with Crippen molar-refractivity contribution in [3.05, 3.63) is 89.5 Å². The molecule has 0 atom stereocenters. The van der Waals surface area contributed by atoms with Crippen molar-refractivity contribution in [1.82, 2.24) is 30.0 Å². The average molecular weight is 330 g/mol. The molecule has 0 saturated carbocycles. The normalized spacial score (nSPS) is 10.9. The van der Waals surface area contributed by atoms with Gasteiger partial charge in [0.2, 0.25) is 0 Å². The highest BCUT2D eigenvalue weighted by molar-refractivity contribution is 5.30. The van der Waals surface area contributed by atoms with E-state index in [1.807, 2.05) is 47.3 Å². The summed E-state index contributed by atoms with van der Waals surface area (Å²) in [6, 6.07) is 20.4. The summed E-state index contributed by atoms with van der Waals surface area (Å²) in [7, 11) is 0. The van der Waals surface area contributed by atoms with E-state index >= 15 is 0 Å². The molecule has 124 valence electrons. The van der Waals surface area contributed by atoms with E-state index in [1.165, 1.54) is 11.1 Å². The number of nitrogens with zero attached hydrogens (tertiary/aromatic N) is 6. The molecule has 0 amide bonds. The summed E-state index contributed by atoms with van der Waals surface area (Å²) in [6.45, 7) is 2.58. The highest BCUT2D eigenvalue weighted by atomic mass is 15.6. The quantitative estimate of drug-likeness (QED) is 0.564. The Kier molecular flexibility index (Phi) is 4.08. The Bertz CT molecular complexity index is 953. The van der Waals surface area contributed by atoms with Gasteiger partial charge in [0.25, 0.3) is 0 Å². The van der Waals surface area contributed by atoms with Crippen LogP contribution in [-0.4, -0.2) is 30.0 Å². The van der Waals surface area contributed by atoms with Gasteiger partial charge in [0.05, 0.1) is 11.4 Å². The molecule has 0 bridgehead atoms. The predicted molar refractivity (Wildman–Crippen MR) is 94.5 cm³/mol. The number of tetrazole rings is 1. The third-order valence-corrected chi connectivity index (χ3v) is 3.95. The SMILES string of the molecule is Cc1ccc(Cc2nnn(Cc3ccn(-c4ccccc4)n3)n2)cc1. The van der Waals surface area contributed by atoms with Gasteiger partial charge in [-0.3, -0.25) is 0 Å². The smallest absolute Gasteiger partial charge is 0.179 e. The fourth-order valence-electron chi connectivity index (χ4n) is 2.62. The van der Waals surface area contributed by atoms with E-state index in [-0.39, 0.29) is 0 Å². The standard InChI is InChI=1S/C19H18N6/c1-15-7-9-16(10-8-15)13-19-20-23-25(22-19)14-17-11-12-24(21-17)18-5-3-2-4-6-18/h2-12H,13-14H2,1H3. The number of hydrogen-bond donors (Lipinski definition) is 0. The number of aromatic nitrogens is 6. The summed E-state index contributed by atoms with van der Waals surface area (Å²) in [6.07, 6.45) is 2.62. The van der Waals surface area contributed by atoms with E-state index in [0.29, 0.717) is 18.8 Å². The lowest BCUT2D eigenvalue weighted by Gasteiger charge is -2.00. The summed E-state index contributed by atoms with van der Waals surface area (Å²) >= 11 is 0. The van der Waals surface area contributed by atoms with Crippen LogP contribution in [0.1, 0.15) is 22.6 Å². The van der Waals surface area contributed by atoms with Crippen LogP contribution in [0.4, 0.5) is 0 Å². The molecule has 0 N–H and O–H groups in total. The molecular formula is C19H18N6. The number of rotatable bonds is 5. The summed E-state index contributed by atoms with van der Waals surface area (Å²) in [4.78, 5) is 1.58. The molecule has 2 aromatic carbocycles. The summed E-state index contributed by atoms with van der Waals surface area (Å²) in [5.74, 6) is 0.714. The molecule has 25 heavy (non-hydrogen) atoms. The highest BCUT2D eigenvalue weighted by Gasteiger charge is 2.07. The van der Waals surface area contributed by atoms with Crippen LogP contribution < -0.4 is 0 Å². The zero-order valence-electron chi connectivity index (χ0n) is 13.9. The maximum absolute atomic E-state index is 4.57. The molecule has 6 heteroatoms. The molecule has 2 heterocycles. The predicted octanol–water partition coefficient (Wildman–Crippen LogP) is 2.81. The number of aryl methyl sites for hydroxylation is 1. The molecular weight excluding hydrogens is 312 g/mol. The molecule has 0 aliphatic carbocycles. The largest absolute Gasteiger partial charge is 0.241 e. The van der Waals surface area contributed by atoms with Crippen LogP contribution in [0.3, 0.4) is 0 Å². The Morgan fingerprint density at radius 3 is 2.48 bits per heavy atom. The van der Waals surface area contributed by atoms with Crippen LogP contribution in [-0.2, 0) is 13.0 Å². The Hall–Kier alpha value is -3.28. The number of benzene rings is 2. The van der Waals surface area contributed by atoms with E-state index in [4.69, 9.17) is 0 Å². The Labute approximate surface area is 145 Å². The zero-order chi connectivity index (χ0) is 17.1. The van der Waals surface area contributed by atoms with Gasteiger partial charge in [-0.1, -0.05) is 48.0 Å². The molecule has 6 nitrogen and oxygen atoms in total. The van der Waals surface area contributed by atoms with Crippen molar-refractivity contribution in [2.24, 2.45) is 0 Å². The van der Waals surface area contributed by atoms with Crippen molar-refractivity contribution in [2.45, 2.75) is 19.9 Å². The van der Waals surface area contributed by atoms with Gasteiger partial charge in [0.1, 0.15) is 6.54 Å². The van der Waals surface area contributed by atoms with Gasteiger partial charge in [-0.2, -0.15) is 9.90 Å². The second-order valence-corrected chi connectivity index (χ2v) is 5.99. The molecule has 0 unspecified atom stereocenters. The monoisotopic (exact) mass is 330 g/mol. The van der Waals surface area contributed by atoms with Crippen LogP contribution in [0, 0.1) is 6.92 Å². The molecule has 2 aromatic heterocycles. The maximum atomic E-state index is 4.57. The average Bonchev–Trinajstić information content (AvgIpc) is 3.28. The van der Waals surface area contributed by atoms with Crippen molar-refractivity contribution >= 4 is 0 Å². The van der Waals surface area contributed by atoms with Crippen LogP contribution in [0.15, 0.2) is 66.9 Å². The Morgan fingerprint density at radius 2 is 1.68 bits per heavy atom. The number of para-hydroxylation sites is 1. The second-order valence-electron chi connectivity index (χ2n) is 5.99. The van der Waals surface area contributed by atoms with Crippen LogP contribution in [0.5, 0.6) is 0 Å². The fraction of sp³-hybridized carbons (Fsp3) is 0.158. The van der Waals surface area contributed by atoms with Crippen LogP contribution >= 0.6 is 0 Å². The Balaban J connectivity index is 1.44. The molecule has 0 saturated heterocycles. The molecule has 0 spiro atoms. The van der Waals surface area contributed by atoms with Gasteiger partial charge in [0, 0.05) is 12.6 Å². The minimum Gasteiger partial charge on any atom is -0.241 e. The summed E-state index contributed by atoms with van der Waals surface area (Å²) in [5, 5.41) is 17.3. The second kappa shape index (κ2) is 6.68. The van der Waals surface area contributed by atoms with E-state index in [2.05, 4.69) is 51.7 Å². The minimum absolute atomic E-state index is 0.501. The molecule has 0 fully saturated rings. The zero-order valence-corrected chi connectivity index (χ0v) is 13.9. The third kappa shape index (κ3) is 3.63. The van der Waals surface area contributed by atoms with E-state index in [1.54, 1.807) is 4.80 Å². The first-order valence-electron chi connectivity index (χ1n) is 8.18. The third-order valence-electron chi connectivity index (χ3n) is 3.95. The number of hydrogen-bond acceptors (Lipinski definition) is 4. The van der Waals surface area contributed by atoms with Crippen molar-refractivity contribution in [3.63, 3.8) is 0 Å². The van der Waals surface area contributed by atoms with E-state index < -0.39 is 0 Å². The highest BCUT2D eigenvalue weighted by Crippen LogP contribution is 2.09. The van der Waals surface area contributed by atoms with Gasteiger partial charge in [-0.25, -0.2) is 4.68 Å². The van der Waals surface area contributed by atoms with Crippen molar-refractivity contribution in [1.29, 1.82) is 0 Å². The van der Waals surface area contributed by atoms with E-state index in [0.717, 1.165) is 11.4 Å². The molecule has 4 rings (SSSR count). The first-order valence-corrected chi connectivity index (χ1v) is 8.18. The maximum Gasteiger partial charge on any atom is 0.179 e. The van der Waals surface area contributed by atoms with Gasteiger partial charge >= 0.3 is 0 Å². The van der Waals surface area contributed by atoms with Gasteiger partial charge in [0.15, 0.2) is 5.82 Å². The molecule has 0 aliphatic rings. The van der Waals surface area contributed by atoms with E-state index in [9.17, 15) is 0 Å².